The van der Waals surface area contributed by atoms with Crippen molar-refractivity contribution < 1.29 is 4.92 Å². The molecule has 0 spiro atoms. The molecule has 0 amide bonds. The number of nitrogens with zero attached hydrogens (tertiary/aromatic N) is 1. The molecule has 0 saturated heterocycles. The first kappa shape index (κ1) is 13.7. The van der Waals surface area contributed by atoms with Crippen molar-refractivity contribution in [1.82, 2.24) is 5.32 Å². The molecule has 0 atom stereocenters. The molecular formula is C14H13BrN2O2. The van der Waals surface area contributed by atoms with E-state index in [4.69, 9.17) is 0 Å². The van der Waals surface area contributed by atoms with Crippen LogP contribution in [0.1, 0.15) is 11.1 Å². The Bertz CT molecular complexity index is 573. The third-order valence-corrected chi connectivity index (χ3v) is 3.22. The summed E-state index contributed by atoms with van der Waals surface area (Å²) >= 11 is 3.24. The highest BCUT2D eigenvalue weighted by Crippen LogP contribution is 2.23. The number of halogens is 1. The van der Waals surface area contributed by atoms with E-state index in [1.165, 1.54) is 6.07 Å². The van der Waals surface area contributed by atoms with Crippen molar-refractivity contribution in [3.8, 4) is 0 Å². The van der Waals surface area contributed by atoms with Crippen molar-refractivity contribution >= 4 is 21.6 Å². The summed E-state index contributed by atoms with van der Waals surface area (Å²) in [4.78, 5) is 10.6. The number of nitrogens with one attached hydrogen (secondary N) is 1. The van der Waals surface area contributed by atoms with Crippen molar-refractivity contribution in [2.24, 2.45) is 0 Å². The number of nitro groups is 1. The van der Waals surface area contributed by atoms with Crippen LogP contribution in [-0.2, 0) is 13.1 Å². The lowest BCUT2D eigenvalue weighted by atomic mass is 10.1. The Morgan fingerprint density at radius 1 is 1.11 bits per heavy atom. The van der Waals surface area contributed by atoms with Crippen molar-refractivity contribution in [3.05, 3.63) is 74.2 Å². The third kappa shape index (κ3) is 3.87. The van der Waals surface area contributed by atoms with E-state index in [1.807, 2.05) is 36.4 Å². The number of rotatable bonds is 5. The number of nitro benzene ring substituents is 1. The Labute approximate surface area is 119 Å². The molecule has 2 rings (SSSR count). The molecule has 0 radical (unpaired) electrons. The average Bonchev–Trinajstić information content (AvgIpc) is 2.41. The van der Waals surface area contributed by atoms with Crippen molar-refractivity contribution in [2.75, 3.05) is 0 Å². The number of benzene rings is 2. The number of hydrogen-bond donors (Lipinski definition) is 1. The Kier molecular flexibility index (Phi) is 4.65. The fourth-order valence-corrected chi connectivity index (χ4v) is 2.14. The van der Waals surface area contributed by atoms with E-state index in [0.29, 0.717) is 23.1 Å². The van der Waals surface area contributed by atoms with Crippen LogP contribution in [0, 0.1) is 10.1 Å². The van der Waals surface area contributed by atoms with Crippen LogP contribution in [0.4, 0.5) is 5.69 Å². The first-order valence-corrected chi connectivity index (χ1v) is 6.63. The highest BCUT2D eigenvalue weighted by atomic mass is 79.9. The Balaban J connectivity index is 2.02. The van der Waals surface area contributed by atoms with E-state index in [1.54, 1.807) is 6.07 Å². The average molecular weight is 321 g/mol. The van der Waals surface area contributed by atoms with Gasteiger partial charge in [-0.25, -0.2) is 0 Å². The summed E-state index contributed by atoms with van der Waals surface area (Å²) < 4.78 is 0.714. The SMILES string of the molecule is O=[N+]([O-])c1cc(Br)ccc1CNCc1ccccc1. The van der Waals surface area contributed by atoms with E-state index >= 15 is 0 Å². The smallest absolute Gasteiger partial charge is 0.275 e. The highest BCUT2D eigenvalue weighted by Gasteiger charge is 2.13. The van der Waals surface area contributed by atoms with Gasteiger partial charge in [0.1, 0.15) is 0 Å². The second-order valence-electron chi connectivity index (χ2n) is 4.12. The summed E-state index contributed by atoms with van der Waals surface area (Å²) in [6, 6.07) is 15.0. The minimum Gasteiger partial charge on any atom is -0.308 e. The normalized spacial score (nSPS) is 10.4. The molecule has 2 aromatic carbocycles. The van der Waals surface area contributed by atoms with Gasteiger partial charge in [-0.2, -0.15) is 0 Å². The van der Waals surface area contributed by atoms with Crippen LogP contribution in [0.2, 0.25) is 0 Å². The van der Waals surface area contributed by atoms with Crippen LogP contribution in [0.3, 0.4) is 0 Å². The van der Waals surface area contributed by atoms with Gasteiger partial charge < -0.3 is 5.32 Å². The molecule has 4 nitrogen and oxygen atoms in total. The van der Waals surface area contributed by atoms with Gasteiger partial charge in [0.15, 0.2) is 0 Å². The Morgan fingerprint density at radius 3 is 2.53 bits per heavy atom. The van der Waals surface area contributed by atoms with Crippen LogP contribution in [0.15, 0.2) is 53.0 Å². The zero-order valence-corrected chi connectivity index (χ0v) is 11.8. The molecule has 0 bridgehead atoms. The summed E-state index contributed by atoms with van der Waals surface area (Å²) in [6.07, 6.45) is 0. The van der Waals surface area contributed by atoms with Crippen LogP contribution in [0.25, 0.3) is 0 Å². The lowest BCUT2D eigenvalue weighted by molar-refractivity contribution is -0.385. The minimum absolute atomic E-state index is 0.134. The number of hydrogen-bond acceptors (Lipinski definition) is 3. The molecule has 0 heterocycles. The molecular weight excluding hydrogens is 308 g/mol. The maximum Gasteiger partial charge on any atom is 0.275 e. The molecule has 2 aromatic rings. The largest absolute Gasteiger partial charge is 0.308 e. The maximum atomic E-state index is 11.0. The fraction of sp³-hybridized carbons (Fsp3) is 0.143. The molecule has 5 heteroatoms. The predicted octanol–water partition coefficient (Wildman–Crippen LogP) is 3.65. The minimum atomic E-state index is -0.357. The molecule has 98 valence electrons. The molecule has 0 aliphatic heterocycles. The van der Waals surface area contributed by atoms with Crippen LogP contribution in [-0.4, -0.2) is 4.92 Å². The lowest BCUT2D eigenvalue weighted by Gasteiger charge is -2.06. The summed E-state index contributed by atoms with van der Waals surface area (Å²) in [5.41, 5.74) is 1.97. The Morgan fingerprint density at radius 2 is 1.84 bits per heavy atom. The standard InChI is InChI=1S/C14H13BrN2O2/c15-13-7-6-12(14(8-13)17(18)19)10-16-9-11-4-2-1-3-5-11/h1-8,16H,9-10H2. The fourth-order valence-electron chi connectivity index (χ4n) is 1.79. The van der Waals surface area contributed by atoms with E-state index < -0.39 is 0 Å². The van der Waals surface area contributed by atoms with Gasteiger partial charge in [0.2, 0.25) is 0 Å². The van der Waals surface area contributed by atoms with Crippen molar-refractivity contribution in [2.45, 2.75) is 13.1 Å². The molecule has 0 aliphatic carbocycles. The molecule has 1 N–H and O–H groups in total. The molecule has 0 saturated carbocycles. The first-order chi connectivity index (χ1) is 9.16. The van der Waals surface area contributed by atoms with Gasteiger partial charge >= 0.3 is 0 Å². The van der Waals surface area contributed by atoms with Crippen molar-refractivity contribution in [1.29, 1.82) is 0 Å². The summed E-state index contributed by atoms with van der Waals surface area (Å²) in [6.45, 7) is 1.16. The van der Waals surface area contributed by atoms with E-state index in [-0.39, 0.29) is 10.6 Å². The molecule has 0 aromatic heterocycles. The Hall–Kier alpha value is -1.72. The van der Waals surface area contributed by atoms with E-state index in [9.17, 15) is 10.1 Å². The van der Waals surface area contributed by atoms with Gasteiger partial charge in [-0.3, -0.25) is 10.1 Å². The van der Waals surface area contributed by atoms with Crippen LogP contribution >= 0.6 is 15.9 Å². The zero-order chi connectivity index (χ0) is 13.7. The molecule has 0 unspecified atom stereocenters. The maximum absolute atomic E-state index is 11.0. The van der Waals surface area contributed by atoms with Gasteiger partial charge in [-0.1, -0.05) is 46.3 Å². The quantitative estimate of drug-likeness (QED) is 0.675. The lowest BCUT2D eigenvalue weighted by Crippen LogP contribution is -2.13. The monoisotopic (exact) mass is 320 g/mol. The first-order valence-electron chi connectivity index (χ1n) is 5.84. The van der Waals surface area contributed by atoms with Crippen LogP contribution < -0.4 is 5.32 Å². The molecule has 19 heavy (non-hydrogen) atoms. The van der Waals surface area contributed by atoms with Gasteiger partial charge in [-0.05, 0) is 17.7 Å². The molecule has 0 fully saturated rings. The zero-order valence-electron chi connectivity index (χ0n) is 10.2. The van der Waals surface area contributed by atoms with Gasteiger partial charge in [0.25, 0.3) is 5.69 Å². The highest BCUT2D eigenvalue weighted by molar-refractivity contribution is 9.10. The van der Waals surface area contributed by atoms with Crippen LogP contribution in [0.5, 0.6) is 0 Å². The van der Waals surface area contributed by atoms with Crippen molar-refractivity contribution in [3.63, 3.8) is 0 Å². The third-order valence-electron chi connectivity index (χ3n) is 2.73. The second-order valence-corrected chi connectivity index (χ2v) is 5.03. The second kappa shape index (κ2) is 6.45. The van der Waals surface area contributed by atoms with E-state index in [2.05, 4.69) is 21.2 Å². The summed E-state index contributed by atoms with van der Waals surface area (Å²) in [5, 5.41) is 14.2. The van der Waals surface area contributed by atoms with Gasteiger partial charge in [0, 0.05) is 29.2 Å². The summed E-state index contributed by atoms with van der Waals surface area (Å²) in [7, 11) is 0. The topological polar surface area (TPSA) is 55.2 Å². The van der Waals surface area contributed by atoms with E-state index in [0.717, 1.165) is 5.56 Å². The molecule has 0 aliphatic rings. The predicted molar refractivity (Wildman–Crippen MR) is 77.8 cm³/mol. The van der Waals surface area contributed by atoms with Gasteiger partial charge in [-0.15, -0.1) is 0 Å². The van der Waals surface area contributed by atoms with Gasteiger partial charge in [0.05, 0.1) is 4.92 Å². The summed E-state index contributed by atoms with van der Waals surface area (Å²) in [5.74, 6) is 0.